The zero-order chi connectivity index (χ0) is 42.6. The van der Waals surface area contributed by atoms with E-state index in [1.165, 1.54) is 79.0 Å². The van der Waals surface area contributed by atoms with E-state index in [1.54, 1.807) is 13.0 Å². The largest absolute Gasteiger partial charge is 0.492 e. The third-order valence-corrected chi connectivity index (χ3v) is 11.3. The summed E-state index contributed by atoms with van der Waals surface area (Å²) in [5, 5.41) is 2.61. The van der Waals surface area contributed by atoms with E-state index in [4.69, 9.17) is 9.47 Å². The Morgan fingerprint density at radius 1 is 0.933 bits per heavy atom. The van der Waals surface area contributed by atoms with E-state index in [2.05, 4.69) is 30.0 Å². The number of aromatic nitrogens is 6. The van der Waals surface area contributed by atoms with Crippen molar-refractivity contribution in [2.45, 2.75) is 62.5 Å². The van der Waals surface area contributed by atoms with E-state index < -0.39 is 68.2 Å². The molecule has 16 nitrogen and oxygen atoms in total. The minimum atomic E-state index is -4.51. The van der Waals surface area contributed by atoms with E-state index in [1.807, 2.05) is 0 Å². The summed E-state index contributed by atoms with van der Waals surface area (Å²) in [6.07, 6.45) is 10.2. The van der Waals surface area contributed by atoms with Gasteiger partial charge in [0.2, 0.25) is 0 Å². The van der Waals surface area contributed by atoms with E-state index in [0.29, 0.717) is 41.9 Å². The van der Waals surface area contributed by atoms with Crippen LogP contribution in [0.4, 0.5) is 14.5 Å². The highest BCUT2D eigenvalue weighted by molar-refractivity contribution is 7.92. The molecule has 1 amide bonds. The topological polar surface area (TPSA) is 206 Å². The standard InChI is InChI=1S/C41H38F2N8O8S/c1-3-58-34-18-24(37-45-15-7-16-46-37)10-13-35(34)60(56,57)49-26-19-30(42)36(31(43)20-26)38(52)48-32(40(54)59-28-8-5-4-6-9-28)21-25-11-12-27(22-47-25)51-39(53)29-14-17-44-23-33(29)50(2)41(51)55/h7,10-20,22-23,28,32,49H,3-6,8-9,21H2,1-2H3,(H,48,52)/t32-/m0/s1. The number of aryl methyl sites for hydroxylation is 1. The number of rotatable bonds is 13. The summed E-state index contributed by atoms with van der Waals surface area (Å²) in [7, 11) is -3.01. The van der Waals surface area contributed by atoms with Gasteiger partial charge in [0.1, 0.15) is 40.0 Å². The molecule has 1 atom stereocenters. The molecule has 0 unspecified atom stereocenters. The van der Waals surface area contributed by atoms with Crippen LogP contribution in [-0.4, -0.2) is 68.1 Å². The van der Waals surface area contributed by atoms with Gasteiger partial charge in [0.05, 0.1) is 41.3 Å². The number of hydrogen-bond donors (Lipinski definition) is 2. The molecule has 1 fully saturated rings. The van der Waals surface area contributed by atoms with E-state index in [0.717, 1.165) is 23.8 Å². The molecule has 1 saturated carbocycles. The molecule has 4 heterocycles. The van der Waals surface area contributed by atoms with Gasteiger partial charge in [-0.15, -0.1) is 0 Å². The minimum Gasteiger partial charge on any atom is -0.492 e. The summed E-state index contributed by atoms with van der Waals surface area (Å²) >= 11 is 0. The first-order valence-electron chi connectivity index (χ1n) is 18.9. The Balaban J connectivity index is 1.13. The second-order valence-electron chi connectivity index (χ2n) is 13.9. The summed E-state index contributed by atoms with van der Waals surface area (Å²) in [6, 6.07) is 9.87. The molecule has 19 heteroatoms. The lowest BCUT2D eigenvalue weighted by molar-refractivity contribution is -0.152. The predicted octanol–water partition coefficient (Wildman–Crippen LogP) is 4.63. The monoisotopic (exact) mass is 840 g/mol. The number of hydrogen-bond acceptors (Lipinski definition) is 12. The number of nitrogens with zero attached hydrogens (tertiary/aromatic N) is 6. The van der Waals surface area contributed by atoms with Crippen LogP contribution in [0.3, 0.4) is 0 Å². The molecular weight excluding hydrogens is 803 g/mol. The van der Waals surface area contributed by atoms with Crippen LogP contribution < -0.4 is 26.0 Å². The van der Waals surface area contributed by atoms with Crippen molar-refractivity contribution >= 4 is 38.5 Å². The molecule has 1 aliphatic carbocycles. The van der Waals surface area contributed by atoms with Crippen molar-refractivity contribution in [1.82, 2.24) is 34.4 Å². The highest BCUT2D eigenvalue weighted by Gasteiger charge is 2.31. The molecular formula is C41H38F2N8O8S. The normalized spacial score (nSPS) is 13.7. The third-order valence-electron chi connectivity index (χ3n) is 9.86. The van der Waals surface area contributed by atoms with E-state index >= 15 is 8.78 Å². The number of amides is 1. The Morgan fingerprint density at radius 3 is 2.35 bits per heavy atom. The minimum absolute atomic E-state index is 0.0631. The number of ether oxygens (including phenoxy) is 2. The van der Waals surface area contributed by atoms with Gasteiger partial charge in [0, 0.05) is 43.3 Å². The van der Waals surface area contributed by atoms with Crippen LogP contribution in [-0.2, 0) is 33.0 Å². The SMILES string of the molecule is CCOc1cc(-c2ncccn2)ccc1S(=O)(=O)Nc1cc(F)c(C(=O)N[C@@H](Cc2ccc(-n3c(=O)c4ccncc4n(C)c3=O)cn2)C(=O)OC2CCCCC2)c(F)c1. The number of halogens is 2. The lowest BCUT2D eigenvalue weighted by atomic mass is 9.97. The summed E-state index contributed by atoms with van der Waals surface area (Å²) < 4.78 is 74.0. The molecule has 7 rings (SSSR count). The van der Waals surface area contributed by atoms with Gasteiger partial charge in [-0.3, -0.25) is 28.8 Å². The molecule has 4 aromatic heterocycles. The Hall–Kier alpha value is -6.89. The van der Waals surface area contributed by atoms with Crippen molar-refractivity contribution in [2.75, 3.05) is 11.3 Å². The van der Waals surface area contributed by atoms with Crippen LogP contribution in [0.5, 0.6) is 5.75 Å². The van der Waals surface area contributed by atoms with Crippen LogP contribution >= 0.6 is 0 Å². The Kier molecular flexibility index (Phi) is 12.1. The number of sulfonamides is 1. The highest BCUT2D eigenvalue weighted by atomic mass is 32.2. The predicted molar refractivity (Wildman–Crippen MR) is 214 cm³/mol. The van der Waals surface area contributed by atoms with Gasteiger partial charge in [-0.05, 0) is 87.2 Å². The van der Waals surface area contributed by atoms with Gasteiger partial charge in [-0.1, -0.05) is 6.42 Å². The smallest absolute Gasteiger partial charge is 0.335 e. The zero-order valence-corrected chi connectivity index (χ0v) is 33.1. The number of fused-ring (bicyclic) bond motifs is 1. The maximum absolute atomic E-state index is 15.7. The number of anilines is 1. The number of nitrogens with one attached hydrogen (secondary N) is 2. The number of carbonyl (C=O) groups is 2. The molecule has 1 aliphatic rings. The number of benzene rings is 2. The molecule has 0 aliphatic heterocycles. The molecule has 6 aromatic rings. The van der Waals surface area contributed by atoms with Gasteiger partial charge >= 0.3 is 11.7 Å². The molecule has 2 N–H and O–H groups in total. The van der Waals surface area contributed by atoms with Crippen molar-refractivity contribution in [2.24, 2.45) is 7.05 Å². The summed E-state index contributed by atoms with van der Waals surface area (Å²) in [6.45, 7) is 1.74. The van der Waals surface area contributed by atoms with Crippen molar-refractivity contribution in [3.05, 3.63) is 129 Å². The molecule has 60 heavy (non-hydrogen) atoms. The van der Waals surface area contributed by atoms with Crippen LogP contribution in [0.15, 0.2) is 100 Å². The highest BCUT2D eigenvalue weighted by Crippen LogP contribution is 2.31. The molecule has 2 aromatic carbocycles. The average Bonchev–Trinajstić information content (AvgIpc) is 3.23. The number of pyridine rings is 2. The molecule has 0 bridgehead atoms. The third kappa shape index (κ3) is 8.75. The van der Waals surface area contributed by atoms with Crippen molar-refractivity contribution in [3.8, 4) is 22.8 Å². The van der Waals surface area contributed by atoms with Crippen LogP contribution in [0.1, 0.15) is 55.1 Å². The molecule has 310 valence electrons. The maximum atomic E-state index is 15.7. The summed E-state index contributed by atoms with van der Waals surface area (Å²) in [5.41, 5.74) is -1.73. The van der Waals surface area contributed by atoms with E-state index in [-0.39, 0.29) is 40.4 Å². The fourth-order valence-corrected chi connectivity index (χ4v) is 8.07. The Morgan fingerprint density at radius 2 is 1.67 bits per heavy atom. The number of carbonyl (C=O) groups excluding carboxylic acids is 2. The van der Waals surface area contributed by atoms with Crippen molar-refractivity contribution in [1.29, 1.82) is 0 Å². The maximum Gasteiger partial charge on any atom is 0.335 e. The second kappa shape index (κ2) is 17.5. The lowest BCUT2D eigenvalue weighted by Gasteiger charge is -2.25. The van der Waals surface area contributed by atoms with Crippen LogP contribution in [0, 0.1) is 11.6 Å². The Bertz CT molecular complexity index is 2790. The van der Waals surface area contributed by atoms with Gasteiger partial charge in [-0.25, -0.2) is 41.3 Å². The quantitative estimate of drug-likeness (QED) is 0.153. The first-order valence-corrected chi connectivity index (χ1v) is 20.4. The molecule has 0 radical (unpaired) electrons. The van der Waals surface area contributed by atoms with Crippen molar-refractivity contribution in [3.63, 3.8) is 0 Å². The second-order valence-corrected chi connectivity index (χ2v) is 15.5. The van der Waals surface area contributed by atoms with Gasteiger partial charge in [0.15, 0.2) is 5.82 Å². The van der Waals surface area contributed by atoms with Crippen molar-refractivity contribution < 1.29 is 36.3 Å². The van der Waals surface area contributed by atoms with Gasteiger partial charge in [0.25, 0.3) is 21.5 Å². The number of esters is 1. The van der Waals surface area contributed by atoms with E-state index in [9.17, 15) is 27.6 Å². The first kappa shape index (κ1) is 41.3. The zero-order valence-electron chi connectivity index (χ0n) is 32.3. The Labute approximate surface area is 341 Å². The van der Waals surface area contributed by atoms with Crippen LogP contribution in [0.25, 0.3) is 28.0 Å². The fraction of sp³-hybridized carbons (Fsp3) is 0.268. The average molecular weight is 841 g/mol. The van der Waals surface area contributed by atoms with Crippen LogP contribution in [0.2, 0.25) is 0 Å². The summed E-state index contributed by atoms with van der Waals surface area (Å²) in [4.78, 5) is 69.9. The molecule has 0 saturated heterocycles. The molecule has 0 spiro atoms. The first-order chi connectivity index (χ1) is 28.8. The lowest BCUT2D eigenvalue weighted by Crippen LogP contribution is -2.45. The summed E-state index contributed by atoms with van der Waals surface area (Å²) in [5.74, 6) is -4.78. The van der Waals surface area contributed by atoms with Gasteiger partial charge in [-0.2, -0.15) is 0 Å². The van der Waals surface area contributed by atoms with Gasteiger partial charge < -0.3 is 14.8 Å². The fourth-order valence-electron chi connectivity index (χ4n) is 6.90.